The lowest BCUT2D eigenvalue weighted by Gasteiger charge is -2.17. The number of rotatable bonds is 5. The van der Waals surface area contributed by atoms with Crippen LogP contribution in [0.25, 0.3) is 0 Å². The Morgan fingerprint density at radius 1 is 1.16 bits per heavy atom. The van der Waals surface area contributed by atoms with E-state index in [1.165, 1.54) is 29.3 Å². The highest BCUT2D eigenvalue weighted by Crippen LogP contribution is 2.24. The number of likely N-dealkylation sites (tertiary alicyclic amines) is 1. The van der Waals surface area contributed by atoms with Gasteiger partial charge in [-0.2, -0.15) is 0 Å². The lowest BCUT2D eigenvalue weighted by molar-refractivity contribution is -0.144. The van der Waals surface area contributed by atoms with Crippen molar-refractivity contribution in [2.24, 2.45) is 0 Å². The van der Waals surface area contributed by atoms with E-state index < -0.39 is 5.97 Å². The van der Waals surface area contributed by atoms with Gasteiger partial charge >= 0.3 is 5.97 Å². The molecule has 1 fully saturated rings. The number of fused-ring (bicyclic) bond motifs is 1. The third kappa shape index (κ3) is 5.19. The number of amides is 1. The summed E-state index contributed by atoms with van der Waals surface area (Å²) in [6, 6.07) is 5.96. The zero-order valence-electron chi connectivity index (χ0n) is 14.1. The van der Waals surface area contributed by atoms with E-state index in [1.54, 1.807) is 0 Å². The molecule has 7 heteroatoms. The van der Waals surface area contributed by atoms with Crippen LogP contribution in [0, 0.1) is 0 Å². The number of aryl methyl sites for hydroxylation is 2. The molecule has 0 radical (unpaired) electrons. The van der Waals surface area contributed by atoms with E-state index in [0.717, 1.165) is 48.8 Å². The molecule has 0 atom stereocenters. The number of esters is 1. The third-order valence-electron chi connectivity index (χ3n) is 4.42. The van der Waals surface area contributed by atoms with Crippen LogP contribution in [-0.2, 0) is 27.2 Å². The lowest BCUT2D eigenvalue weighted by atomic mass is 10.1. The summed E-state index contributed by atoms with van der Waals surface area (Å²) in [6.45, 7) is 1.65. The molecule has 5 nitrogen and oxygen atoms in total. The Morgan fingerprint density at radius 2 is 1.92 bits per heavy atom. The summed E-state index contributed by atoms with van der Waals surface area (Å²) < 4.78 is 5.77. The zero-order chi connectivity index (χ0) is 17.6. The van der Waals surface area contributed by atoms with Gasteiger partial charge in [0, 0.05) is 18.8 Å². The van der Waals surface area contributed by atoms with Crippen molar-refractivity contribution in [2.75, 3.05) is 30.8 Å². The zero-order valence-corrected chi connectivity index (χ0v) is 15.7. The molecular weight excluding hydrogens is 356 g/mol. The molecule has 3 rings (SSSR count). The van der Waals surface area contributed by atoms with E-state index in [2.05, 4.69) is 16.3 Å². The molecule has 1 saturated heterocycles. The van der Waals surface area contributed by atoms with E-state index in [-0.39, 0.29) is 18.3 Å². The molecule has 1 N–H and O–H groups in total. The third-order valence-corrected chi connectivity index (χ3v) is 5.92. The van der Waals surface area contributed by atoms with Gasteiger partial charge in [0.2, 0.25) is 0 Å². The minimum absolute atomic E-state index is 0.140. The summed E-state index contributed by atoms with van der Waals surface area (Å²) >= 11 is 6.60. The summed E-state index contributed by atoms with van der Waals surface area (Å²) in [7, 11) is 0. The molecule has 0 bridgehead atoms. The van der Waals surface area contributed by atoms with Crippen molar-refractivity contribution < 1.29 is 14.3 Å². The van der Waals surface area contributed by atoms with Crippen molar-refractivity contribution in [1.82, 2.24) is 4.90 Å². The molecule has 2 aliphatic rings. The average Bonchev–Trinajstić information content (AvgIpc) is 3.28. The van der Waals surface area contributed by atoms with E-state index in [1.807, 2.05) is 12.1 Å². The lowest BCUT2D eigenvalue weighted by Crippen LogP contribution is -2.25. The first kappa shape index (κ1) is 18.2. The standard InChI is InChI=1S/C18H22N2O3S2/c21-16(19-15-7-6-13-4-3-5-14(13)10-15)11-23-17(22)12-25-18(24)20-8-1-2-9-20/h6-7,10H,1-5,8-9,11-12H2,(H,19,21). The van der Waals surface area contributed by atoms with Gasteiger partial charge in [0.15, 0.2) is 6.61 Å². The number of ether oxygens (including phenoxy) is 1. The Hall–Kier alpha value is -1.60. The van der Waals surface area contributed by atoms with Gasteiger partial charge in [-0.1, -0.05) is 30.0 Å². The van der Waals surface area contributed by atoms with E-state index >= 15 is 0 Å². The maximum absolute atomic E-state index is 11.9. The maximum atomic E-state index is 11.9. The first-order valence-electron chi connectivity index (χ1n) is 8.61. The van der Waals surface area contributed by atoms with Gasteiger partial charge in [-0.15, -0.1) is 0 Å². The number of thioether (sulfide) groups is 1. The average molecular weight is 379 g/mol. The molecule has 0 spiro atoms. The fourth-order valence-electron chi connectivity index (χ4n) is 3.15. The Morgan fingerprint density at radius 3 is 2.72 bits per heavy atom. The Balaban J connectivity index is 1.36. The summed E-state index contributed by atoms with van der Waals surface area (Å²) in [5.74, 6) is -0.601. The molecule has 1 aliphatic heterocycles. The van der Waals surface area contributed by atoms with Crippen molar-refractivity contribution in [1.29, 1.82) is 0 Å². The Labute approximate surface area is 157 Å². The smallest absolute Gasteiger partial charge is 0.316 e. The molecule has 1 aromatic carbocycles. The molecule has 1 amide bonds. The highest BCUT2D eigenvalue weighted by molar-refractivity contribution is 8.23. The predicted molar refractivity (Wildman–Crippen MR) is 104 cm³/mol. The molecule has 0 aromatic heterocycles. The fourth-order valence-corrected chi connectivity index (χ4v) is 4.20. The van der Waals surface area contributed by atoms with Crippen LogP contribution in [0.4, 0.5) is 5.69 Å². The molecule has 134 valence electrons. The minimum atomic E-state index is -0.421. The van der Waals surface area contributed by atoms with Gasteiger partial charge < -0.3 is 15.0 Å². The van der Waals surface area contributed by atoms with E-state index in [9.17, 15) is 9.59 Å². The number of hydrogen-bond donors (Lipinski definition) is 1. The van der Waals surface area contributed by atoms with E-state index in [4.69, 9.17) is 17.0 Å². The van der Waals surface area contributed by atoms with Crippen LogP contribution >= 0.6 is 24.0 Å². The first-order valence-corrected chi connectivity index (χ1v) is 10.0. The SMILES string of the molecule is O=C(COC(=O)CSC(=S)N1CCCC1)Nc1ccc2c(c1)CCC2. The number of nitrogens with zero attached hydrogens (tertiary/aromatic N) is 1. The Bertz CT molecular complexity index is 672. The second-order valence-corrected chi connectivity index (χ2v) is 7.90. The van der Waals surface area contributed by atoms with Crippen molar-refractivity contribution in [3.63, 3.8) is 0 Å². The summed E-state index contributed by atoms with van der Waals surface area (Å²) in [4.78, 5) is 25.8. The number of benzene rings is 1. The molecule has 1 heterocycles. The van der Waals surface area contributed by atoms with Crippen LogP contribution in [0.1, 0.15) is 30.4 Å². The highest BCUT2D eigenvalue weighted by atomic mass is 32.2. The number of nitrogens with one attached hydrogen (secondary N) is 1. The molecule has 1 aromatic rings. The van der Waals surface area contributed by atoms with Gasteiger partial charge in [-0.25, -0.2) is 0 Å². The van der Waals surface area contributed by atoms with Crippen molar-refractivity contribution >= 4 is 45.9 Å². The number of carbonyl (C=O) groups is 2. The van der Waals surface area contributed by atoms with Crippen molar-refractivity contribution in [2.45, 2.75) is 32.1 Å². The highest BCUT2D eigenvalue weighted by Gasteiger charge is 2.17. The van der Waals surface area contributed by atoms with Crippen LogP contribution < -0.4 is 5.32 Å². The van der Waals surface area contributed by atoms with Gasteiger partial charge in [-0.05, 0) is 55.4 Å². The predicted octanol–water partition coefficient (Wildman–Crippen LogP) is 2.77. The summed E-state index contributed by atoms with van der Waals surface area (Å²) in [5, 5.41) is 2.78. The largest absolute Gasteiger partial charge is 0.455 e. The van der Waals surface area contributed by atoms with Crippen LogP contribution in [0.3, 0.4) is 0 Å². The fraction of sp³-hybridized carbons (Fsp3) is 0.500. The molecule has 0 saturated carbocycles. The van der Waals surface area contributed by atoms with Crippen LogP contribution in [0.5, 0.6) is 0 Å². The quantitative estimate of drug-likeness (QED) is 0.628. The number of hydrogen-bond acceptors (Lipinski definition) is 5. The van der Waals surface area contributed by atoms with Gasteiger partial charge in [0.1, 0.15) is 4.32 Å². The van der Waals surface area contributed by atoms with Gasteiger partial charge in [0.05, 0.1) is 5.75 Å². The van der Waals surface area contributed by atoms with Gasteiger partial charge in [0.25, 0.3) is 5.91 Å². The normalized spacial score (nSPS) is 15.8. The molecular formula is C18H22N2O3S2. The molecule has 0 unspecified atom stereocenters. The molecule has 1 aliphatic carbocycles. The monoisotopic (exact) mass is 378 g/mol. The molecule has 25 heavy (non-hydrogen) atoms. The number of anilines is 1. The first-order chi connectivity index (χ1) is 12.1. The van der Waals surface area contributed by atoms with E-state index in [0.29, 0.717) is 0 Å². The van der Waals surface area contributed by atoms with Crippen LogP contribution in [-0.4, -0.2) is 46.5 Å². The number of thiocarbonyl (C=S) groups is 1. The second kappa shape index (κ2) is 8.67. The Kier molecular flexibility index (Phi) is 6.31. The van der Waals surface area contributed by atoms with Crippen LogP contribution in [0.2, 0.25) is 0 Å². The van der Waals surface area contributed by atoms with Crippen molar-refractivity contribution in [3.05, 3.63) is 29.3 Å². The summed E-state index contributed by atoms with van der Waals surface area (Å²) in [6.07, 6.45) is 5.63. The second-order valence-electron chi connectivity index (χ2n) is 6.29. The van der Waals surface area contributed by atoms with Crippen LogP contribution in [0.15, 0.2) is 18.2 Å². The number of carbonyl (C=O) groups excluding carboxylic acids is 2. The van der Waals surface area contributed by atoms with Gasteiger partial charge in [-0.3, -0.25) is 9.59 Å². The van der Waals surface area contributed by atoms with Crippen molar-refractivity contribution in [3.8, 4) is 0 Å². The summed E-state index contributed by atoms with van der Waals surface area (Å²) in [5.41, 5.74) is 3.41. The topological polar surface area (TPSA) is 58.6 Å². The maximum Gasteiger partial charge on any atom is 0.316 e. The minimum Gasteiger partial charge on any atom is -0.455 e.